The van der Waals surface area contributed by atoms with Gasteiger partial charge < -0.3 is 15.5 Å². The Morgan fingerprint density at radius 3 is 2.59 bits per heavy atom. The molecule has 2 N–H and O–H groups in total. The van der Waals surface area contributed by atoms with Crippen molar-refractivity contribution in [1.29, 1.82) is 0 Å². The Labute approximate surface area is 137 Å². The van der Waals surface area contributed by atoms with Gasteiger partial charge >= 0.3 is 0 Å². The summed E-state index contributed by atoms with van der Waals surface area (Å²) >= 11 is 6.10. The number of anilines is 1. The Kier molecular flexibility index (Phi) is 7.35. The molecule has 122 valence electrons. The topological polar surface area (TPSA) is 61.4 Å². The van der Waals surface area contributed by atoms with Crippen LogP contribution in [0.1, 0.15) is 37.0 Å². The highest BCUT2D eigenvalue weighted by Gasteiger charge is 2.16. The second-order valence-corrected chi connectivity index (χ2v) is 5.87. The number of nitrogens with one attached hydrogen (secondary N) is 2. The van der Waals surface area contributed by atoms with Crippen LogP contribution in [-0.2, 0) is 4.79 Å². The minimum atomic E-state index is -0.112. The van der Waals surface area contributed by atoms with E-state index in [-0.39, 0.29) is 17.9 Å². The largest absolute Gasteiger partial charge is 0.339 e. The maximum absolute atomic E-state index is 12.3. The minimum absolute atomic E-state index is 0.0997. The molecule has 0 spiro atoms. The normalized spacial score (nSPS) is 10.6. The zero-order chi connectivity index (χ0) is 16.7. The van der Waals surface area contributed by atoms with Gasteiger partial charge in [-0.25, -0.2) is 0 Å². The first kappa shape index (κ1) is 18.5. The third-order valence-corrected chi connectivity index (χ3v) is 3.74. The molecule has 0 unspecified atom stereocenters. The van der Waals surface area contributed by atoms with Crippen molar-refractivity contribution in [2.45, 2.75) is 32.7 Å². The molecule has 0 aliphatic heterocycles. The third kappa shape index (κ3) is 5.31. The molecule has 6 heteroatoms. The molecule has 5 nitrogen and oxygen atoms in total. The summed E-state index contributed by atoms with van der Waals surface area (Å²) in [7, 11) is 3.59. The summed E-state index contributed by atoms with van der Waals surface area (Å²) in [4.78, 5) is 25.8. The van der Waals surface area contributed by atoms with Crippen LogP contribution in [0.2, 0.25) is 5.02 Å². The number of nitrogens with zero attached hydrogens (tertiary/aromatic N) is 1. The van der Waals surface area contributed by atoms with E-state index in [2.05, 4.69) is 10.6 Å². The summed E-state index contributed by atoms with van der Waals surface area (Å²) in [5.74, 6) is -0.212. The second kappa shape index (κ2) is 8.76. The molecule has 1 aromatic carbocycles. The molecule has 1 rings (SSSR count). The molecule has 0 aliphatic carbocycles. The van der Waals surface area contributed by atoms with Crippen molar-refractivity contribution >= 4 is 29.1 Å². The van der Waals surface area contributed by atoms with Gasteiger partial charge in [-0.15, -0.1) is 0 Å². The van der Waals surface area contributed by atoms with E-state index in [1.807, 2.05) is 20.9 Å². The average Bonchev–Trinajstić information content (AvgIpc) is 2.48. The predicted octanol–water partition coefficient (Wildman–Crippen LogP) is 2.76. The van der Waals surface area contributed by atoms with Gasteiger partial charge in [0.25, 0.3) is 5.91 Å². The first-order chi connectivity index (χ1) is 10.4. The summed E-state index contributed by atoms with van der Waals surface area (Å²) in [6.07, 6.45) is 1.15. The van der Waals surface area contributed by atoms with Gasteiger partial charge in [0.15, 0.2) is 0 Å². The lowest BCUT2D eigenvalue weighted by atomic mass is 10.1. The lowest BCUT2D eigenvalue weighted by Gasteiger charge is -2.22. The zero-order valence-electron chi connectivity index (χ0n) is 13.6. The molecule has 0 aromatic heterocycles. The Hall–Kier alpha value is -1.59. The molecule has 0 saturated heterocycles. The summed E-state index contributed by atoms with van der Waals surface area (Å²) in [5, 5.41) is 6.17. The SMILES string of the molecule is CNCCCC(=O)Nc1cc(C(=O)N(C)C(C)C)ccc1Cl. The van der Waals surface area contributed by atoms with Crippen LogP contribution < -0.4 is 10.6 Å². The Bertz CT molecular complexity index is 532. The van der Waals surface area contributed by atoms with E-state index >= 15 is 0 Å². The number of carbonyl (C=O) groups excluding carboxylic acids is 2. The standard InChI is InChI=1S/C16H24ClN3O2/c1-11(2)20(4)16(22)12-7-8-13(17)14(10-12)19-15(21)6-5-9-18-3/h7-8,10-11,18H,5-6,9H2,1-4H3,(H,19,21). The van der Waals surface area contributed by atoms with Gasteiger partial charge in [0.1, 0.15) is 0 Å². The zero-order valence-corrected chi connectivity index (χ0v) is 14.3. The molecule has 1 aromatic rings. The number of hydrogen-bond donors (Lipinski definition) is 2. The average molecular weight is 326 g/mol. The van der Waals surface area contributed by atoms with Crippen molar-refractivity contribution in [3.05, 3.63) is 28.8 Å². The van der Waals surface area contributed by atoms with E-state index < -0.39 is 0 Å². The summed E-state index contributed by atoms with van der Waals surface area (Å²) in [6, 6.07) is 5.02. The Balaban J connectivity index is 2.82. The first-order valence-corrected chi connectivity index (χ1v) is 7.75. The number of benzene rings is 1. The highest BCUT2D eigenvalue weighted by atomic mass is 35.5. The van der Waals surface area contributed by atoms with Gasteiger partial charge in [0.05, 0.1) is 10.7 Å². The van der Waals surface area contributed by atoms with Crippen molar-refractivity contribution < 1.29 is 9.59 Å². The molecule has 0 aliphatic rings. The quantitative estimate of drug-likeness (QED) is 0.758. The number of halogens is 1. The lowest BCUT2D eigenvalue weighted by Crippen LogP contribution is -2.33. The predicted molar refractivity (Wildman–Crippen MR) is 90.5 cm³/mol. The van der Waals surface area contributed by atoms with E-state index in [0.717, 1.165) is 13.0 Å². The lowest BCUT2D eigenvalue weighted by molar-refractivity contribution is -0.116. The van der Waals surface area contributed by atoms with Crippen LogP contribution in [0.4, 0.5) is 5.69 Å². The van der Waals surface area contributed by atoms with Crippen LogP contribution in [0.5, 0.6) is 0 Å². The fourth-order valence-electron chi connectivity index (χ4n) is 1.83. The molecule has 0 heterocycles. The van der Waals surface area contributed by atoms with Gasteiger partial charge in [-0.1, -0.05) is 11.6 Å². The molecule has 0 bridgehead atoms. The van der Waals surface area contributed by atoms with E-state index in [0.29, 0.717) is 22.7 Å². The fourth-order valence-corrected chi connectivity index (χ4v) is 2.00. The van der Waals surface area contributed by atoms with Gasteiger partial charge in [0, 0.05) is 25.1 Å². The summed E-state index contributed by atoms with van der Waals surface area (Å²) in [6.45, 7) is 4.66. The first-order valence-electron chi connectivity index (χ1n) is 7.38. The monoisotopic (exact) mass is 325 g/mol. The van der Waals surface area contributed by atoms with Crippen molar-refractivity contribution in [2.24, 2.45) is 0 Å². The van der Waals surface area contributed by atoms with E-state index in [1.54, 1.807) is 30.1 Å². The molecule has 22 heavy (non-hydrogen) atoms. The van der Waals surface area contributed by atoms with Crippen LogP contribution in [0.3, 0.4) is 0 Å². The second-order valence-electron chi connectivity index (χ2n) is 5.46. The summed E-state index contributed by atoms with van der Waals surface area (Å²) in [5.41, 5.74) is 0.977. The minimum Gasteiger partial charge on any atom is -0.339 e. The molecule has 0 saturated carbocycles. The number of amides is 2. The van der Waals surface area contributed by atoms with Crippen LogP contribution in [0.25, 0.3) is 0 Å². The van der Waals surface area contributed by atoms with Crippen molar-refractivity contribution in [3.63, 3.8) is 0 Å². The third-order valence-electron chi connectivity index (χ3n) is 3.41. The van der Waals surface area contributed by atoms with Crippen LogP contribution in [0, 0.1) is 0 Å². The highest BCUT2D eigenvalue weighted by Crippen LogP contribution is 2.24. The van der Waals surface area contributed by atoms with Crippen LogP contribution in [0.15, 0.2) is 18.2 Å². The van der Waals surface area contributed by atoms with Crippen molar-refractivity contribution in [1.82, 2.24) is 10.2 Å². The number of carbonyl (C=O) groups is 2. The van der Waals surface area contributed by atoms with Gasteiger partial charge in [-0.3, -0.25) is 9.59 Å². The molecular weight excluding hydrogens is 302 g/mol. The van der Waals surface area contributed by atoms with Crippen LogP contribution >= 0.6 is 11.6 Å². The number of hydrogen-bond acceptors (Lipinski definition) is 3. The maximum atomic E-state index is 12.3. The van der Waals surface area contributed by atoms with Gasteiger partial charge in [-0.2, -0.15) is 0 Å². The Morgan fingerprint density at radius 2 is 2.00 bits per heavy atom. The van der Waals surface area contributed by atoms with Gasteiger partial charge in [0.2, 0.25) is 5.91 Å². The fraction of sp³-hybridized carbons (Fsp3) is 0.500. The van der Waals surface area contributed by atoms with E-state index in [1.165, 1.54) is 0 Å². The van der Waals surface area contributed by atoms with E-state index in [4.69, 9.17) is 11.6 Å². The van der Waals surface area contributed by atoms with E-state index in [9.17, 15) is 9.59 Å². The van der Waals surface area contributed by atoms with Crippen molar-refractivity contribution in [3.8, 4) is 0 Å². The van der Waals surface area contributed by atoms with Crippen molar-refractivity contribution in [2.75, 3.05) is 26.0 Å². The molecule has 0 radical (unpaired) electrons. The Morgan fingerprint density at radius 1 is 1.32 bits per heavy atom. The molecular formula is C16H24ClN3O2. The molecule has 2 amide bonds. The van der Waals surface area contributed by atoms with Gasteiger partial charge in [-0.05, 0) is 52.1 Å². The van der Waals surface area contributed by atoms with Crippen LogP contribution in [-0.4, -0.2) is 43.4 Å². The smallest absolute Gasteiger partial charge is 0.253 e. The molecule has 0 atom stereocenters. The highest BCUT2D eigenvalue weighted by molar-refractivity contribution is 6.33. The number of rotatable bonds is 7. The summed E-state index contributed by atoms with van der Waals surface area (Å²) < 4.78 is 0. The maximum Gasteiger partial charge on any atom is 0.253 e. The molecule has 0 fully saturated rings.